The molecule has 0 aromatic heterocycles. The number of benzene rings is 1. The minimum Gasteiger partial charge on any atom is -0.399 e. The molecular weight excluding hydrogens is 264 g/mol. The topological polar surface area (TPSA) is 66.6 Å². The van der Waals surface area contributed by atoms with Gasteiger partial charge in [0, 0.05) is 18.3 Å². The van der Waals surface area contributed by atoms with Gasteiger partial charge in [0.05, 0.1) is 17.2 Å². The average molecular weight is 283 g/mol. The van der Waals surface area contributed by atoms with E-state index in [0.717, 1.165) is 25.7 Å². The number of aliphatic hydroxyl groups is 1. The normalized spacial score (nSPS) is 15.7. The van der Waals surface area contributed by atoms with E-state index in [4.69, 9.17) is 22.4 Å². The van der Waals surface area contributed by atoms with Crippen molar-refractivity contribution in [3.63, 3.8) is 0 Å². The zero-order valence-corrected chi connectivity index (χ0v) is 11.6. The van der Waals surface area contributed by atoms with Crippen LogP contribution in [0.15, 0.2) is 18.2 Å². The van der Waals surface area contributed by atoms with Crippen LogP contribution in [0.4, 0.5) is 5.69 Å². The highest BCUT2D eigenvalue weighted by Gasteiger charge is 2.27. The van der Waals surface area contributed by atoms with E-state index in [9.17, 15) is 4.79 Å². The van der Waals surface area contributed by atoms with E-state index in [0.29, 0.717) is 22.8 Å². The van der Waals surface area contributed by atoms with E-state index in [1.54, 1.807) is 23.1 Å². The van der Waals surface area contributed by atoms with Crippen molar-refractivity contribution in [3.05, 3.63) is 28.8 Å². The Labute approximate surface area is 118 Å². The van der Waals surface area contributed by atoms with Gasteiger partial charge in [-0.25, -0.2) is 0 Å². The van der Waals surface area contributed by atoms with E-state index in [1.807, 2.05) is 0 Å². The Hall–Kier alpha value is -1.26. The third kappa shape index (κ3) is 3.19. The zero-order valence-electron chi connectivity index (χ0n) is 10.8. The van der Waals surface area contributed by atoms with E-state index >= 15 is 0 Å². The lowest BCUT2D eigenvalue weighted by atomic mass is 10.1. The van der Waals surface area contributed by atoms with Gasteiger partial charge in [-0.15, -0.1) is 0 Å². The van der Waals surface area contributed by atoms with Crippen molar-refractivity contribution in [1.82, 2.24) is 4.90 Å². The van der Waals surface area contributed by atoms with Crippen LogP contribution in [0, 0.1) is 0 Å². The predicted octanol–water partition coefficient (Wildman–Crippen LogP) is 2.30. The number of carbonyl (C=O) groups is 1. The van der Waals surface area contributed by atoms with Gasteiger partial charge in [-0.2, -0.15) is 0 Å². The van der Waals surface area contributed by atoms with Gasteiger partial charge < -0.3 is 15.7 Å². The Morgan fingerprint density at radius 2 is 2.11 bits per heavy atom. The minimum atomic E-state index is -0.119. The van der Waals surface area contributed by atoms with Crippen LogP contribution in [0.5, 0.6) is 0 Å². The van der Waals surface area contributed by atoms with Crippen molar-refractivity contribution in [2.45, 2.75) is 31.7 Å². The molecule has 1 fully saturated rings. The molecule has 3 N–H and O–H groups in total. The number of aliphatic hydroxyl groups excluding tert-OH is 1. The van der Waals surface area contributed by atoms with Gasteiger partial charge in [0.15, 0.2) is 0 Å². The fourth-order valence-corrected chi connectivity index (χ4v) is 2.90. The first-order valence-electron chi connectivity index (χ1n) is 6.60. The van der Waals surface area contributed by atoms with Gasteiger partial charge in [0.1, 0.15) is 0 Å². The number of rotatable bonds is 4. The number of amides is 1. The van der Waals surface area contributed by atoms with Crippen LogP contribution in [0.2, 0.25) is 5.02 Å². The highest BCUT2D eigenvalue weighted by atomic mass is 35.5. The first-order chi connectivity index (χ1) is 9.13. The Kier molecular flexibility index (Phi) is 4.66. The first-order valence-corrected chi connectivity index (χ1v) is 6.98. The number of nitrogens with two attached hydrogens (primary N) is 1. The molecule has 1 aliphatic rings. The molecular formula is C14H19ClN2O2. The number of anilines is 1. The molecule has 1 aromatic carbocycles. The lowest BCUT2D eigenvalue weighted by Gasteiger charge is -2.28. The van der Waals surface area contributed by atoms with Crippen molar-refractivity contribution in [1.29, 1.82) is 0 Å². The maximum atomic E-state index is 12.5. The summed E-state index contributed by atoms with van der Waals surface area (Å²) >= 11 is 6.09. The second-order valence-corrected chi connectivity index (χ2v) is 5.31. The minimum absolute atomic E-state index is 0.0329. The molecule has 1 amide bonds. The third-order valence-electron chi connectivity index (χ3n) is 3.59. The average Bonchev–Trinajstić information content (AvgIpc) is 2.89. The zero-order chi connectivity index (χ0) is 13.8. The molecule has 0 bridgehead atoms. The molecule has 104 valence electrons. The number of carbonyl (C=O) groups excluding carboxylic acids is 1. The van der Waals surface area contributed by atoms with Crippen LogP contribution >= 0.6 is 11.6 Å². The summed E-state index contributed by atoms with van der Waals surface area (Å²) in [6.07, 6.45) is 4.27. The fraction of sp³-hybridized carbons (Fsp3) is 0.500. The van der Waals surface area contributed by atoms with Crippen LogP contribution in [-0.2, 0) is 0 Å². The highest BCUT2D eigenvalue weighted by Crippen LogP contribution is 2.27. The van der Waals surface area contributed by atoms with Crippen molar-refractivity contribution in [2.24, 2.45) is 0 Å². The maximum absolute atomic E-state index is 12.5. The van der Waals surface area contributed by atoms with E-state index in [1.165, 1.54) is 0 Å². The van der Waals surface area contributed by atoms with Crippen LogP contribution < -0.4 is 5.73 Å². The molecule has 1 aliphatic carbocycles. The number of halogens is 1. The van der Waals surface area contributed by atoms with E-state index < -0.39 is 0 Å². The molecule has 0 saturated heterocycles. The van der Waals surface area contributed by atoms with Gasteiger partial charge in [-0.3, -0.25) is 4.79 Å². The summed E-state index contributed by atoms with van der Waals surface area (Å²) in [4.78, 5) is 14.3. The fourth-order valence-electron chi connectivity index (χ4n) is 2.63. The number of hydrogen-bond donors (Lipinski definition) is 2. The van der Waals surface area contributed by atoms with Crippen molar-refractivity contribution in [2.75, 3.05) is 18.9 Å². The van der Waals surface area contributed by atoms with Gasteiger partial charge in [-0.05, 0) is 31.0 Å². The number of nitrogens with zero attached hydrogens (tertiary/aromatic N) is 1. The summed E-state index contributed by atoms with van der Waals surface area (Å²) in [7, 11) is 0. The largest absolute Gasteiger partial charge is 0.399 e. The summed E-state index contributed by atoms with van der Waals surface area (Å²) in [5.74, 6) is -0.119. The predicted molar refractivity (Wildman–Crippen MR) is 76.2 cm³/mol. The van der Waals surface area contributed by atoms with Crippen LogP contribution in [-0.4, -0.2) is 35.1 Å². The van der Waals surface area contributed by atoms with Crippen molar-refractivity contribution in [3.8, 4) is 0 Å². The highest BCUT2D eigenvalue weighted by molar-refractivity contribution is 6.34. The van der Waals surface area contributed by atoms with Crippen LogP contribution in [0.25, 0.3) is 0 Å². The molecule has 0 radical (unpaired) electrons. The Balaban J connectivity index is 2.22. The molecule has 0 atom stereocenters. The molecule has 0 spiro atoms. The molecule has 19 heavy (non-hydrogen) atoms. The molecule has 0 unspecified atom stereocenters. The van der Waals surface area contributed by atoms with Gasteiger partial charge in [0.2, 0.25) is 0 Å². The molecule has 0 heterocycles. The van der Waals surface area contributed by atoms with Gasteiger partial charge in [0.25, 0.3) is 5.91 Å². The molecule has 2 rings (SSSR count). The Morgan fingerprint density at radius 3 is 2.68 bits per heavy atom. The monoisotopic (exact) mass is 282 g/mol. The summed E-state index contributed by atoms with van der Waals surface area (Å²) in [6.45, 7) is 0.318. The SMILES string of the molecule is Nc1ccc(C(=O)N(CCO)C2CCCC2)c(Cl)c1. The number of nitrogen functional groups attached to an aromatic ring is 1. The first kappa shape index (κ1) is 14.2. The van der Waals surface area contributed by atoms with Crippen LogP contribution in [0.3, 0.4) is 0 Å². The molecule has 4 nitrogen and oxygen atoms in total. The molecule has 0 aliphatic heterocycles. The summed E-state index contributed by atoms with van der Waals surface area (Å²) in [6, 6.07) is 5.12. The molecule has 1 aromatic rings. The maximum Gasteiger partial charge on any atom is 0.255 e. The smallest absolute Gasteiger partial charge is 0.255 e. The van der Waals surface area contributed by atoms with Crippen molar-refractivity contribution < 1.29 is 9.90 Å². The quantitative estimate of drug-likeness (QED) is 0.833. The third-order valence-corrected chi connectivity index (χ3v) is 3.90. The summed E-state index contributed by atoms with van der Waals surface area (Å²) in [5, 5.41) is 9.53. The van der Waals surface area contributed by atoms with Gasteiger partial charge in [-0.1, -0.05) is 24.4 Å². The number of hydrogen-bond acceptors (Lipinski definition) is 3. The summed E-state index contributed by atoms with van der Waals surface area (Å²) in [5.41, 5.74) is 6.63. The van der Waals surface area contributed by atoms with E-state index in [2.05, 4.69) is 0 Å². The van der Waals surface area contributed by atoms with Crippen LogP contribution in [0.1, 0.15) is 36.0 Å². The van der Waals surface area contributed by atoms with E-state index in [-0.39, 0.29) is 18.6 Å². The Morgan fingerprint density at radius 1 is 1.42 bits per heavy atom. The molecule has 1 saturated carbocycles. The Bertz CT molecular complexity index is 459. The lowest BCUT2D eigenvalue weighted by molar-refractivity contribution is 0.0638. The second-order valence-electron chi connectivity index (χ2n) is 4.90. The lowest BCUT2D eigenvalue weighted by Crippen LogP contribution is -2.40. The second kappa shape index (κ2) is 6.26. The van der Waals surface area contributed by atoms with Gasteiger partial charge >= 0.3 is 0 Å². The summed E-state index contributed by atoms with van der Waals surface area (Å²) < 4.78 is 0. The van der Waals surface area contributed by atoms with Crippen molar-refractivity contribution >= 4 is 23.2 Å². The molecule has 5 heteroatoms. The standard InChI is InChI=1S/C14H19ClN2O2/c15-13-9-10(16)5-6-12(13)14(19)17(7-8-18)11-3-1-2-4-11/h5-6,9,11,18H,1-4,7-8,16H2.